The van der Waals surface area contributed by atoms with Gasteiger partial charge in [0.25, 0.3) is 5.91 Å². The van der Waals surface area contributed by atoms with Crippen molar-refractivity contribution in [2.24, 2.45) is 0 Å². The van der Waals surface area contributed by atoms with Gasteiger partial charge in [0.2, 0.25) is 10.0 Å². The van der Waals surface area contributed by atoms with E-state index in [1.54, 1.807) is 40.7 Å². The molecule has 2 aromatic heterocycles. The number of benzene rings is 1. The number of thiophene rings is 1. The fourth-order valence-electron chi connectivity index (χ4n) is 2.71. The first kappa shape index (κ1) is 20.3. The average Bonchev–Trinajstić information content (AvgIpc) is 3.38. The van der Waals surface area contributed by atoms with E-state index in [4.69, 9.17) is 4.42 Å². The number of furan rings is 1. The lowest BCUT2D eigenvalue weighted by atomic mass is 10.2. The molecule has 3 aromatic rings. The Hall–Kier alpha value is -2.42. The number of sulfonamides is 1. The molecule has 0 bridgehead atoms. The van der Waals surface area contributed by atoms with Gasteiger partial charge in [-0.2, -0.15) is 0 Å². The van der Waals surface area contributed by atoms with Crippen LogP contribution >= 0.6 is 11.3 Å². The fraction of sp³-hybridized carbons (Fsp3) is 0.250. The lowest BCUT2D eigenvalue weighted by Gasteiger charge is -2.22. The van der Waals surface area contributed by atoms with Gasteiger partial charge in [-0.05, 0) is 54.3 Å². The summed E-state index contributed by atoms with van der Waals surface area (Å²) < 4.78 is 31.0. The molecule has 148 valence electrons. The van der Waals surface area contributed by atoms with E-state index in [1.165, 1.54) is 31.1 Å². The van der Waals surface area contributed by atoms with E-state index in [0.29, 0.717) is 24.4 Å². The standard InChI is InChI=1S/C20H22N2O4S2/c1-21(2)28(24,25)19-9-7-16(8-10-19)20(23)22(15-17-5-3-13-26-17)12-11-18-6-4-14-27-18/h3-10,13-14H,11-12,15H2,1-2H3. The third kappa shape index (κ3) is 4.70. The molecule has 6 nitrogen and oxygen atoms in total. The van der Waals surface area contributed by atoms with E-state index >= 15 is 0 Å². The summed E-state index contributed by atoms with van der Waals surface area (Å²) in [6, 6.07) is 13.7. The van der Waals surface area contributed by atoms with Gasteiger partial charge in [-0.25, -0.2) is 12.7 Å². The minimum absolute atomic E-state index is 0.158. The molecule has 0 spiro atoms. The van der Waals surface area contributed by atoms with E-state index in [2.05, 4.69) is 0 Å². The van der Waals surface area contributed by atoms with Crippen molar-refractivity contribution in [1.82, 2.24) is 9.21 Å². The Morgan fingerprint density at radius 2 is 1.82 bits per heavy atom. The van der Waals surface area contributed by atoms with E-state index in [1.807, 2.05) is 23.6 Å². The van der Waals surface area contributed by atoms with Gasteiger partial charge in [-0.1, -0.05) is 6.07 Å². The van der Waals surface area contributed by atoms with E-state index < -0.39 is 10.0 Å². The molecule has 8 heteroatoms. The van der Waals surface area contributed by atoms with Crippen LogP contribution in [0.25, 0.3) is 0 Å². The molecule has 0 saturated heterocycles. The van der Waals surface area contributed by atoms with Crippen LogP contribution in [0.4, 0.5) is 0 Å². The summed E-state index contributed by atoms with van der Waals surface area (Å²) in [6.45, 7) is 0.896. The molecule has 0 unspecified atom stereocenters. The number of rotatable bonds is 8. The van der Waals surface area contributed by atoms with Crippen molar-refractivity contribution in [2.45, 2.75) is 17.9 Å². The highest BCUT2D eigenvalue weighted by atomic mass is 32.2. The maximum atomic E-state index is 13.1. The van der Waals surface area contributed by atoms with Crippen LogP contribution in [0.15, 0.2) is 69.5 Å². The van der Waals surface area contributed by atoms with Crippen LogP contribution in [0.2, 0.25) is 0 Å². The van der Waals surface area contributed by atoms with Crippen molar-refractivity contribution >= 4 is 27.3 Å². The highest BCUT2D eigenvalue weighted by molar-refractivity contribution is 7.89. The molecule has 0 saturated carbocycles. The van der Waals surface area contributed by atoms with Crippen LogP contribution < -0.4 is 0 Å². The third-order valence-electron chi connectivity index (χ3n) is 4.30. The minimum atomic E-state index is -3.53. The molecule has 0 radical (unpaired) electrons. The van der Waals surface area contributed by atoms with Crippen molar-refractivity contribution in [1.29, 1.82) is 0 Å². The highest BCUT2D eigenvalue weighted by Crippen LogP contribution is 2.18. The zero-order valence-corrected chi connectivity index (χ0v) is 17.4. The van der Waals surface area contributed by atoms with Gasteiger partial charge >= 0.3 is 0 Å². The van der Waals surface area contributed by atoms with Crippen LogP contribution in [-0.4, -0.2) is 44.2 Å². The molecule has 1 amide bonds. The van der Waals surface area contributed by atoms with E-state index in [-0.39, 0.29) is 10.8 Å². The number of hydrogen-bond donors (Lipinski definition) is 0. The number of amides is 1. The van der Waals surface area contributed by atoms with Crippen LogP contribution in [0.3, 0.4) is 0 Å². The molecule has 0 fully saturated rings. The molecule has 0 aliphatic heterocycles. The van der Waals surface area contributed by atoms with Crippen LogP contribution in [0, 0.1) is 0 Å². The van der Waals surface area contributed by atoms with Crippen molar-refractivity contribution in [3.05, 3.63) is 76.4 Å². The number of hydrogen-bond acceptors (Lipinski definition) is 5. The summed E-state index contributed by atoms with van der Waals surface area (Å²) in [6.07, 6.45) is 2.33. The minimum Gasteiger partial charge on any atom is -0.467 e. The first-order valence-corrected chi connectivity index (χ1v) is 11.1. The van der Waals surface area contributed by atoms with E-state index in [9.17, 15) is 13.2 Å². The maximum Gasteiger partial charge on any atom is 0.254 e. The lowest BCUT2D eigenvalue weighted by Crippen LogP contribution is -2.32. The predicted octanol–water partition coefficient (Wildman–Crippen LogP) is 3.48. The summed E-state index contributed by atoms with van der Waals surface area (Å²) in [5, 5.41) is 2.01. The fourth-order valence-corrected chi connectivity index (χ4v) is 4.31. The molecule has 0 atom stereocenters. The Balaban J connectivity index is 1.79. The molecule has 1 aromatic carbocycles. The zero-order valence-electron chi connectivity index (χ0n) is 15.7. The third-order valence-corrected chi connectivity index (χ3v) is 7.07. The van der Waals surface area contributed by atoms with Gasteiger partial charge in [0, 0.05) is 31.1 Å². The van der Waals surface area contributed by atoms with Gasteiger partial charge in [0.1, 0.15) is 5.76 Å². The van der Waals surface area contributed by atoms with E-state index in [0.717, 1.165) is 10.7 Å². The smallest absolute Gasteiger partial charge is 0.254 e. The summed E-state index contributed by atoms with van der Waals surface area (Å²) >= 11 is 1.66. The summed E-state index contributed by atoms with van der Waals surface area (Å²) in [5.74, 6) is 0.535. The monoisotopic (exact) mass is 418 g/mol. The van der Waals surface area contributed by atoms with Crippen LogP contribution in [0.5, 0.6) is 0 Å². The molecule has 0 aliphatic rings. The first-order chi connectivity index (χ1) is 13.4. The van der Waals surface area contributed by atoms with Gasteiger partial charge in [0.15, 0.2) is 0 Å². The molecular formula is C20H22N2O4S2. The normalized spacial score (nSPS) is 11.7. The second-order valence-corrected chi connectivity index (χ2v) is 9.63. The van der Waals surface area contributed by atoms with Crippen molar-refractivity contribution < 1.29 is 17.6 Å². The Bertz CT molecular complexity index is 993. The van der Waals surface area contributed by atoms with Crippen LogP contribution in [-0.2, 0) is 23.0 Å². The Kier molecular flexibility index (Phi) is 6.33. The van der Waals surface area contributed by atoms with Crippen molar-refractivity contribution in [3.63, 3.8) is 0 Å². The Labute approximate surface area is 169 Å². The van der Waals surface area contributed by atoms with Gasteiger partial charge in [0.05, 0.1) is 17.7 Å². The summed E-state index contributed by atoms with van der Waals surface area (Å²) in [7, 11) is -0.573. The second-order valence-electron chi connectivity index (χ2n) is 6.45. The molecule has 0 aliphatic carbocycles. The topological polar surface area (TPSA) is 70.8 Å². The molecule has 2 heterocycles. The maximum absolute atomic E-state index is 13.1. The molecule has 28 heavy (non-hydrogen) atoms. The van der Waals surface area contributed by atoms with Gasteiger partial charge in [-0.3, -0.25) is 4.79 Å². The average molecular weight is 419 g/mol. The first-order valence-electron chi connectivity index (χ1n) is 8.74. The largest absolute Gasteiger partial charge is 0.467 e. The molecule has 3 rings (SSSR count). The quantitative estimate of drug-likeness (QED) is 0.562. The summed E-state index contributed by atoms with van der Waals surface area (Å²) in [5.41, 5.74) is 0.440. The zero-order chi connectivity index (χ0) is 20.1. The molecular weight excluding hydrogens is 396 g/mol. The van der Waals surface area contributed by atoms with Crippen molar-refractivity contribution in [2.75, 3.05) is 20.6 Å². The summed E-state index contributed by atoms with van der Waals surface area (Å²) in [4.78, 5) is 16.1. The SMILES string of the molecule is CN(C)S(=O)(=O)c1ccc(C(=O)N(CCc2cccs2)Cc2ccco2)cc1. The number of nitrogens with zero attached hydrogens (tertiary/aromatic N) is 2. The van der Waals surface area contributed by atoms with Crippen LogP contribution in [0.1, 0.15) is 21.0 Å². The van der Waals surface area contributed by atoms with Gasteiger partial charge in [-0.15, -0.1) is 11.3 Å². The number of carbonyl (C=O) groups is 1. The van der Waals surface area contributed by atoms with Gasteiger partial charge < -0.3 is 9.32 Å². The Morgan fingerprint density at radius 1 is 1.07 bits per heavy atom. The lowest BCUT2D eigenvalue weighted by molar-refractivity contribution is 0.0733. The molecule has 0 N–H and O–H groups in total. The predicted molar refractivity (Wildman–Crippen MR) is 109 cm³/mol. The second kappa shape index (κ2) is 8.72. The Morgan fingerprint density at radius 3 is 2.39 bits per heavy atom. The highest BCUT2D eigenvalue weighted by Gasteiger charge is 2.20. The van der Waals surface area contributed by atoms with Crippen molar-refractivity contribution in [3.8, 4) is 0 Å². The number of carbonyl (C=O) groups excluding carboxylic acids is 1.